The summed E-state index contributed by atoms with van der Waals surface area (Å²) in [6.45, 7) is 1.34. The third kappa shape index (κ3) is 2.79. The molecule has 0 aromatic heterocycles. The lowest BCUT2D eigenvalue weighted by Gasteiger charge is -2.21. The van der Waals surface area contributed by atoms with Gasteiger partial charge in [0.25, 0.3) is 0 Å². The number of benzene rings is 1. The van der Waals surface area contributed by atoms with Crippen molar-refractivity contribution in [1.82, 2.24) is 5.32 Å². The van der Waals surface area contributed by atoms with E-state index >= 15 is 0 Å². The van der Waals surface area contributed by atoms with Crippen LogP contribution in [0.4, 0.5) is 20.2 Å². The molecule has 84 valence electrons. The van der Waals surface area contributed by atoms with E-state index in [1.165, 1.54) is 6.07 Å². The summed E-state index contributed by atoms with van der Waals surface area (Å²) in [4.78, 5) is 1.71. The molecule has 5 heteroatoms. The zero-order valence-corrected chi connectivity index (χ0v) is 8.85. The van der Waals surface area contributed by atoms with Gasteiger partial charge in [-0.15, -0.1) is 0 Å². The van der Waals surface area contributed by atoms with Crippen LogP contribution in [-0.2, 0) is 0 Å². The van der Waals surface area contributed by atoms with Crippen molar-refractivity contribution in [2.75, 3.05) is 37.8 Å². The Morgan fingerprint density at radius 2 is 2.07 bits per heavy atom. The van der Waals surface area contributed by atoms with E-state index in [-0.39, 0.29) is 5.69 Å². The summed E-state index contributed by atoms with van der Waals surface area (Å²) in [6.07, 6.45) is 0. The van der Waals surface area contributed by atoms with Gasteiger partial charge in [0.2, 0.25) is 0 Å². The summed E-state index contributed by atoms with van der Waals surface area (Å²) in [5.74, 6) is -1.34. The molecule has 0 bridgehead atoms. The Labute approximate surface area is 87.9 Å². The molecule has 0 atom stereocenters. The van der Waals surface area contributed by atoms with Gasteiger partial charge in [-0.25, -0.2) is 8.78 Å². The molecule has 1 aromatic carbocycles. The molecule has 0 aliphatic carbocycles. The van der Waals surface area contributed by atoms with Crippen molar-refractivity contribution in [3.8, 4) is 0 Å². The van der Waals surface area contributed by atoms with E-state index in [9.17, 15) is 8.78 Å². The monoisotopic (exact) mass is 215 g/mol. The number of halogens is 2. The van der Waals surface area contributed by atoms with Gasteiger partial charge in [-0.2, -0.15) is 0 Å². The highest BCUT2D eigenvalue weighted by atomic mass is 19.1. The summed E-state index contributed by atoms with van der Waals surface area (Å²) in [5.41, 5.74) is 5.88. The Kier molecular flexibility index (Phi) is 3.85. The van der Waals surface area contributed by atoms with Crippen LogP contribution in [0, 0.1) is 11.6 Å². The van der Waals surface area contributed by atoms with E-state index in [0.717, 1.165) is 6.07 Å². The number of likely N-dealkylation sites (N-methyl/N-ethyl adjacent to an activating group) is 2. The molecule has 0 heterocycles. The number of rotatable bonds is 4. The van der Waals surface area contributed by atoms with Crippen LogP contribution in [0.3, 0.4) is 0 Å². The van der Waals surface area contributed by atoms with Gasteiger partial charge in [0.1, 0.15) is 5.82 Å². The maximum absolute atomic E-state index is 13.1. The first-order valence-electron chi connectivity index (χ1n) is 4.66. The fourth-order valence-electron chi connectivity index (χ4n) is 1.29. The molecule has 0 aliphatic rings. The third-order valence-electron chi connectivity index (χ3n) is 2.18. The van der Waals surface area contributed by atoms with Gasteiger partial charge in [0.15, 0.2) is 5.82 Å². The third-order valence-corrected chi connectivity index (χ3v) is 2.18. The Balaban J connectivity index is 2.92. The molecule has 0 fully saturated rings. The van der Waals surface area contributed by atoms with Gasteiger partial charge in [-0.3, -0.25) is 0 Å². The van der Waals surface area contributed by atoms with E-state index in [1.54, 1.807) is 11.9 Å². The second-order valence-corrected chi connectivity index (χ2v) is 3.35. The molecule has 1 aromatic rings. The van der Waals surface area contributed by atoms with Crippen molar-refractivity contribution in [1.29, 1.82) is 0 Å². The minimum atomic E-state index is -0.721. The van der Waals surface area contributed by atoms with Crippen molar-refractivity contribution in [3.05, 3.63) is 23.8 Å². The maximum Gasteiger partial charge on any atom is 0.151 e. The minimum Gasteiger partial charge on any atom is -0.395 e. The van der Waals surface area contributed by atoms with E-state index in [1.807, 2.05) is 7.05 Å². The van der Waals surface area contributed by atoms with Crippen molar-refractivity contribution >= 4 is 11.4 Å². The van der Waals surface area contributed by atoms with Crippen molar-refractivity contribution < 1.29 is 8.78 Å². The molecule has 3 nitrogen and oxygen atoms in total. The quantitative estimate of drug-likeness (QED) is 0.742. The fraction of sp³-hybridized carbons (Fsp3) is 0.400. The number of hydrogen-bond donors (Lipinski definition) is 2. The number of nitrogens with one attached hydrogen (secondary N) is 1. The van der Waals surface area contributed by atoms with E-state index in [4.69, 9.17) is 5.73 Å². The highest BCUT2D eigenvalue weighted by Gasteiger charge is 2.11. The summed E-state index contributed by atoms with van der Waals surface area (Å²) in [5, 5.41) is 2.95. The second kappa shape index (κ2) is 4.93. The van der Waals surface area contributed by atoms with Crippen molar-refractivity contribution in [3.63, 3.8) is 0 Å². The lowest BCUT2D eigenvalue weighted by atomic mass is 10.2. The Bertz CT molecular complexity index is 342. The predicted octanol–water partition coefficient (Wildman–Crippen LogP) is 1.20. The maximum atomic E-state index is 13.1. The van der Waals surface area contributed by atoms with Crippen LogP contribution in [0.25, 0.3) is 0 Å². The fourth-order valence-corrected chi connectivity index (χ4v) is 1.29. The predicted molar refractivity (Wildman–Crippen MR) is 58.0 cm³/mol. The Hall–Kier alpha value is -1.36. The van der Waals surface area contributed by atoms with Crippen LogP contribution in [0.5, 0.6) is 0 Å². The first-order valence-corrected chi connectivity index (χ1v) is 4.66. The number of nitrogen functional groups attached to an aromatic ring is 1. The highest BCUT2D eigenvalue weighted by molar-refractivity contribution is 5.67. The molecule has 15 heavy (non-hydrogen) atoms. The van der Waals surface area contributed by atoms with Gasteiger partial charge >= 0.3 is 0 Å². The Morgan fingerprint density at radius 3 is 2.67 bits per heavy atom. The second-order valence-electron chi connectivity index (χ2n) is 3.35. The molecule has 1 rings (SSSR count). The number of anilines is 2. The zero-order chi connectivity index (χ0) is 11.4. The van der Waals surface area contributed by atoms with Gasteiger partial charge in [-0.05, 0) is 13.1 Å². The molecule has 0 spiro atoms. The molecule has 0 amide bonds. The summed E-state index contributed by atoms with van der Waals surface area (Å²) in [7, 11) is 3.55. The molecular weight excluding hydrogens is 200 g/mol. The zero-order valence-electron chi connectivity index (χ0n) is 8.85. The molecular formula is C10H15F2N3. The average molecular weight is 215 g/mol. The van der Waals surface area contributed by atoms with Crippen molar-refractivity contribution in [2.45, 2.75) is 0 Å². The molecule has 0 saturated heterocycles. The summed E-state index contributed by atoms with van der Waals surface area (Å²) >= 11 is 0. The highest BCUT2D eigenvalue weighted by Crippen LogP contribution is 2.25. The summed E-state index contributed by atoms with van der Waals surface area (Å²) < 4.78 is 26.1. The number of nitrogens with zero attached hydrogens (tertiary/aromatic N) is 1. The topological polar surface area (TPSA) is 41.3 Å². The smallest absolute Gasteiger partial charge is 0.151 e. The molecule has 3 N–H and O–H groups in total. The first-order chi connectivity index (χ1) is 7.06. The van der Waals surface area contributed by atoms with Crippen LogP contribution in [0.1, 0.15) is 0 Å². The van der Waals surface area contributed by atoms with Crippen molar-refractivity contribution in [2.24, 2.45) is 0 Å². The SMILES string of the molecule is CNCCN(C)c1cc(F)cc(F)c1N. The molecule has 0 saturated carbocycles. The lowest BCUT2D eigenvalue weighted by molar-refractivity contribution is 0.585. The lowest BCUT2D eigenvalue weighted by Crippen LogP contribution is -2.28. The van der Waals surface area contributed by atoms with Crippen LogP contribution in [-0.4, -0.2) is 27.2 Å². The molecule has 0 radical (unpaired) electrons. The first kappa shape index (κ1) is 11.7. The van der Waals surface area contributed by atoms with Crippen LogP contribution < -0.4 is 16.0 Å². The van der Waals surface area contributed by atoms with E-state index in [2.05, 4.69) is 5.32 Å². The van der Waals surface area contributed by atoms with E-state index < -0.39 is 11.6 Å². The minimum absolute atomic E-state index is 0.0185. The summed E-state index contributed by atoms with van der Waals surface area (Å²) in [6, 6.07) is 2.01. The molecule has 0 aliphatic heterocycles. The Morgan fingerprint density at radius 1 is 1.40 bits per heavy atom. The standard InChI is InChI=1S/C10H15F2N3/c1-14-3-4-15(2)9-6-7(11)5-8(12)10(9)13/h5-6,14H,3-4,13H2,1-2H3. The normalized spacial score (nSPS) is 10.4. The van der Waals surface area contributed by atoms with Crippen LogP contribution in [0.2, 0.25) is 0 Å². The van der Waals surface area contributed by atoms with Gasteiger partial charge in [0.05, 0.1) is 11.4 Å². The average Bonchev–Trinajstić information content (AvgIpc) is 2.19. The van der Waals surface area contributed by atoms with E-state index in [0.29, 0.717) is 18.8 Å². The van der Waals surface area contributed by atoms with Crippen LogP contribution in [0.15, 0.2) is 12.1 Å². The van der Waals surface area contributed by atoms with Gasteiger partial charge in [-0.1, -0.05) is 0 Å². The van der Waals surface area contributed by atoms with Gasteiger partial charge < -0.3 is 16.0 Å². The van der Waals surface area contributed by atoms with Crippen LogP contribution >= 0.6 is 0 Å². The number of nitrogens with two attached hydrogens (primary N) is 1. The largest absolute Gasteiger partial charge is 0.395 e. The number of hydrogen-bond acceptors (Lipinski definition) is 3. The molecule has 0 unspecified atom stereocenters. The van der Waals surface area contributed by atoms with Gasteiger partial charge in [0, 0.05) is 26.2 Å².